The van der Waals surface area contributed by atoms with Crippen LogP contribution < -0.4 is 10.9 Å². The quantitative estimate of drug-likeness (QED) is 0.682. The minimum absolute atomic E-state index is 0.113. The minimum Gasteiger partial charge on any atom is -0.476 e. The fraction of sp³-hybridized carbons (Fsp3) is 0.211. The Morgan fingerprint density at radius 2 is 1.93 bits per heavy atom. The molecule has 0 aliphatic heterocycles. The maximum atomic E-state index is 13.9. The first-order valence-corrected chi connectivity index (χ1v) is 8.71. The van der Waals surface area contributed by atoms with Crippen LogP contribution >= 0.6 is 11.6 Å². The molecule has 9 heteroatoms. The number of nitrogens with one attached hydrogen (secondary N) is 1. The molecule has 28 heavy (non-hydrogen) atoms. The third-order valence-electron chi connectivity index (χ3n) is 4.53. The highest BCUT2D eigenvalue weighted by molar-refractivity contribution is 6.30. The van der Waals surface area contributed by atoms with E-state index in [0.29, 0.717) is 27.5 Å². The number of aromatic carboxylic acids is 1. The van der Waals surface area contributed by atoms with Crippen molar-refractivity contribution >= 4 is 23.3 Å². The molecule has 0 bridgehead atoms. The third-order valence-corrected chi connectivity index (χ3v) is 4.78. The highest BCUT2D eigenvalue weighted by Gasteiger charge is 2.27. The summed E-state index contributed by atoms with van der Waals surface area (Å²) in [5.74, 6) is -2.09. The predicted molar refractivity (Wildman–Crippen MR) is 103 cm³/mol. The van der Waals surface area contributed by atoms with Crippen LogP contribution in [0.3, 0.4) is 0 Å². The van der Waals surface area contributed by atoms with E-state index in [1.807, 2.05) is 0 Å². The molecule has 2 aromatic heterocycles. The number of hydrogen-bond donors (Lipinski definition) is 2. The Balaban J connectivity index is 2.18. The number of pyridine rings is 1. The molecule has 1 atom stereocenters. The molecule has 1 unspecified atom stereocenters. The lowest BCUT2D eigenvalue weighted by Crippen LogP contribution is -2.22. The van der Waals surface area contributed by atoms with E-state index >= 15 is 0 Å². The zero-order valence-electron chi connectivity index (χ0n) is 15.4. The van der Waals surface area contributed by atoms with Gasteiger partial charge in [0.25, 0.3) is 5.56 Å². The summed E-state index contributed by atoms with van der Waals surface area (Å²) in [7, 11) is 3.09. The minimum atomic E-state index is -1.17. The summed E-state index contributed by atoms with van der Waals surface area (Å²) in [5, 5.41) is 17.3. The van der Waals surface area contributed by atoms with Gasteiger partial charge in [-0.1, -0.05) is 23.7 Å². The molecule has 0 spiro atoms. The second-order valence-electron chi connectivity index (χ2n) is 6.40. The summed E-state index contributed by atoms with van der Waals surface area (Å²) < 4.78 is 16.5. The van der Waals surface area contributed by atoms with E-state index in [2.05, 4.69) is 10.4 Å². The Morgan fingerprint density at radius 1 is 1.29 bits per heavy atom. The van der Waals surface area contributed by atoms with Crippen LogP contribution in [0.4, 0.5) is 10.1 Å². The maximum Gasteiger partial charge on any atom is 0.356 e. The lowest BCUT2D eigenvalue weighted by atomic mass is 9.96. The van der Waals surface area contributed by atoms with Crippen LogP contribution in [0.5, 0.6) is 0 Å². The monoisotopic (exact) mass is 404 g/mol. The van der Waals surface area contributed by atoms with Crippen molar-refractivity contribution in [3.8, 4) is 0 Å². The topological polar surface area (TPSA) is 89.2 Å². The van der Waals surface area contributed by atoms with Gasteiger partial charge >= 0.3 is 5.97 Å². The van der Waals surface area contributed by atoms with Gasteiger partial charge in [-0.3, -0.25) is 9.48 Å². The van der Waals surface area contributed by atoms with Gasteiger partial charge in [-0.25, -0.2) is 9.18 Å². The highest BCUT2D eigenvalue weighted by Crippen LogP contribution is 2.32. The average Bonchev–Trinajstić information content (AvgIpc) is 2.94. The molecule has 1 aromatic carbocycles. The number of nitrogens with zero attached hydrogens (tertiary/aromatic N) is 3. The number of halogens is 2. The molecule has 0 fully saturated rings. The SMILES string of the molecule is Cc1c(C(Nc2cc(F)c(=O)n(C)c2)c2ccc(Cl)cc2)c(C(=O)O)nn1C. The van der Waals surface area contributed by atoms with Crippen LogP contribution in [0.25, 0.3) is 0 Å². The summed E-state index contributed by atoms with van der Waals surface area (Å²) in [5.41, 5.74) is 1.23. The zero-order chi connectivity index (χ0) is 20.6. The molecule has 0 aliphatic carbocycles. The van der Waals surface area contributed by atoms with Gasteiger partial charge in [0.15, 0.2) is 11.5 Å². The number of hydrogen-bond acceptors (Lipinski definition) is 4. The van der Waals surface area contributed by atoms with E-state index in [1.165, 1.54) is 17.9 Å². The molecular formula is C19H18ClFN4O3. The van der Waals surface area contributed by atoms with Crippen LogP contribution in [-0.2, 0) is 14.1 Å². The third kappa shape index (κ3) is 3.63. The van der Waals surface area contributed by atoms with Crippen molar-refractivity contribution in [3.05, 3.63) is 80.2 Å². The molecule has 0 radical (unpaired) electrons. The lowest BCUT2D eigenvalue weighted by Gasteiger charge is -2.22. The molecule has 0 amide bonds. The largest absolute Gasteiger partial charge is 0.476 e. The summed E-state index contributed by atoms with van der Waals surface area (Å²) in [6, 6.07) is 7.27. The number of carboxylic acid groups (broad SMARTS) is 1. The van der Waals surface area contributed by atoms with Crippen molar-refractivity contribution < 1.29 is 14.3 Å². The van der Waals surface area contributed by atoms with Crippen LogP contribution in [0.15, 0.2) is 41.3 Å². The van der Waals surface area contributed by atoms with Crippen LogP contribution in [0.1, 0.15) is 33.4 Å². The highest BCUT2D eigenvalue weighted by atomic mass is 35.5. The van der Waals surface area contributed by atoms with Gasteiger partial charge in [-0.15, -0.1) is 0 Å². The van der Waals surface area contributed by atoms with Gasteiger partial charge in [0, 0.05) is 42.6 Å². The predicted octanol–water partition coefficient (Wildman–Crippen LogP) is 3.12. The Bertz CT molecular complexity index is 1080. The maximum absolute atomic E-state index is 13.9. The van der Waals surface area contributed by atoms with Gasteiger partial charge in [0.2, 0.25) is 0 Å². The fourth-order valence-corrected chi connectivity index (χ4v) is 3.15. The van der Waals surface area contributed by atoms with Crippen LogP contribution in [0.2, 0.25) is 5.02 Å². The second-order valence-corrected chi connectivity index (χ2v) is 6.83. The number of rotatable bonds is 5. The van der Waals surface area contributed by atoms with E-state index in [4.69, 9.17) is 11.6 Å². The normalized spacial score (nSPS) is 12.0. The molecule has 0 saturated carbocycles. The molecule has 2 N–H and O–H groups in total. The Hall–Kier alpha value is -3.13. The summed E-state index contributed by atoms with van der Waals surface area (Å²) in [4.78, 5) is 23.4. The molecule has 146 valence electrons. The molecule has 0 saturated heterocycles. The molecule has 0 aliphatic rings. The fourth-order valence-electron chi connectivity index (χ4n) is 3.02. The number of carbonyl (C=O) groups is 1. The molecule has 7 nitrogen and oxygen atoms in total. The standard InChI is InChI=1S/C19H18ClFN4O3/c1-10-15(17(19(27)28)23-25(10)3)16(11-4-6-12(20)7-5-11)22-13-8-14(21)18(26)24(2)9-13/h4-9,16,22H,1-3H3,(H,27,28). The van der Waals surface area contributed by atoms with E-state index in [-0.39, 0.29) is 5.69 Å². The summed E-state index contributed by atoms with van der Waals surface area (Å²) in [6.45, 7) is 1.75. The molecular weight excluding hydrogens is 387 g/mol. The van der Waals surface area contributed by atoms with Crippen molar-refractivity contribution in [2.45, 2.75) is 13.0 Å². The van der Waals surface area contributed by atoms with Crippen molar-refractivity contribution in [2.24, 2.45) is 14.1 Å². The first kappa shape index (κ1) is 19.6. The second kappa shape index (κ2) is 7.47. The van der Waals surface area contributed by atoms with Gasteiger partial charge in [-0.2, -0.15) is 5.10 Å². The number of carboxylic acids is 1. The van der Waals surface area contributed by atoms with E-state index in [0.717, 1.165) is 10.6 Å². The molecule has 2 heterocycles. The van der Waals surface area contributed by atoms with Crippen LogP contribution in [-0.4, -0.2) is 25.4 Å². The van der Waals surface area contributed by atoms with E-state index in [1.54, 1.807) is 38.2 Å². The summed E-state index contributed by atoms with van der Waals surface area (Å²) >= 11 is 5.98. The van der Waals surface area contributed by atoms with Gasteiger partial charge in [0.05, 0.1) is 11.7 Å². The van der Waals surface area contributed by atoms with Crippen molar-refractivity contribution in [2.75, 3.05) is 5.32 Å². The Morgan fingerprint density at radius 3 is 2.50 bits per heavy atom. The number of anilines is 1. The smallest absolute Gasteiger partial charge is 0.356 e. The van der Waals surface area contributed by atoms with Gasteiger partial charge in [-0.05, 0) is 24.6 Å². The lowest BCUT2D eigenvalue weighted by molar-refractivity contribution is 0.0688. The summed E-state index contributed by atoms with van der Waals surface area (Å²) in [6.07, 6.45) is 1.44. The van der Waals surface area contributed by atoms with Crippen LogP contribution in [0, 0.1) is 12.7 Å². The number of aryl methyl sites for hydroxylation is 2. The van der Waals surface area contributed by atoms with Crippen molar-refractivity contribution in [3.63, 3.8) is 0 Å². The molecule has 3 rings (SSSR count). The molecule has 3 aromatic rings. The average molecular weight is 405 g/mol. The van der Waals surface area contributed by atoms with Crippen molar-refractivity contribution in [1.29, 1.82) is 0 Å². The van der Waals surface area contributed by atoms with E-state index < -0.39 is 23.4 Å². The number of benzene rings is 1. The van der Waals surface area contributed by atoms with Gasteiger partial charge < -0.3 is 15.0 Å². The first-order valence-electron chi connectivity index (χ1n) is 8.34. The van der Waals surface area contributed by atoms with E-state index in [9.17, 15) is 19.1 Å². The Kier molecular flexibility index (Phi) is 5.24. The van der Waals surface area contributed by atoms with Crippen molar-refractivity contribution in [1.82, 2.24) is 14.3 Å². The number of aromatic nitrogens is 3. The first-order chi connectivity index (χ1) is 13.2. The Labute approximate surface area is 165 Å². The van der Waals surface area contributed by atoms with Gasteiger partial charge in [0.1, 0.15) is 0 Å². The zero-order valence-corrected chi connectivity index (χ0v) is 16.2.